The van der Waals surface area contributed by atoms with Gasteiger partial charge in [-0.2, -0.15) is 0 Å². The topological polar surface area (TPSA) is 82.2 Å². The molecule has 2 aromatic carbocycles. The minimum atomic E-state index is -0.149. The van der Waals surface area contributed by atoms with Crippen LogP contribution >= 0.6 is 0 Å². The number of nitrogens with zero attached hydrogens (tertiary/aromatic N) is 3. The zero-order valence-electron chi connectivity index (χ0n) is 16.4. The minimum Gasteiger partial charge on any atom is -0.492 e. The smallest absolute Gasteiger partial charge is 0.249 e. The molecule has 0 spiro atoms. The number of carbonyl (C=O) groups is 1. The molecule has 0 bridgehead atoms. The Hall–Kier alpha value is -3.61. The average Bonchev–Trinajstić information content (AvgIpc) is 3.35. The van der Waals surface area contributed by atoms with Gasteiger partial charge in [0.1, 0.15) is 12.3 Å². The minimum absolute atomic E-state index is 0.149. The second-order valence-corrected chi connectivity index (χ2v) is 6.52. The number of nitrogens with one attached hydrogen (secondary N) is 1. The van der Waals surface area contributed by atoms with E-state index in [-0.39, 0.29) is 12.5 Å². The summed E-state index contributed by atoms with van der Waals surface area (Å²) in [6.45, 7) is 4.55. The van der Waals surface area contributed by atoms with Gasteiger partial charge in [-0.15, -0.1) is 10.2 Å². The van der Waals surface area contributed by atoms with Crippen LogP contribution < -0.4 is 10.1 Å². The number of rotatable bonds is 7. The number of anilines is 1. The maximum atomic E-state index is 12.7. The molecule has 7 nitrogen and oxygen atoms in total. The Kier molecular flexibility index (Phi) is 5.29. The molecule has 4 aromatic rings. The van der Waals surface area contributed by atoms with Gasteiger partial charge in [-0.3, -0.25) is 4.79 Å². The van der Waals surface area contributed by atoms with Crippen molar-refractivity contribution in [3.05, 3.63) is 60.6 Å². The molecule has 1 amide bonds. The summed E-state index contributed by atoms with van der Waals surface area (Å²) in [6.07, 6.45) is 2.55. The van der Waals surface area contributed by atoms with E-state index in [4.69, 9.17) is 9.15 Å². The van der Waals surface area contributed by atoms with E-state index in [1.165, 1.54) is 0 Å². The fraction of sp³-hybridized carbons (Fsp3) is 0.227. The van der Waals surface area contributed by atoms with E-state index in [2.05, 4.69) is 15.5 Å². The van der Waals surface area contributed by atoms with E-state index in [9.17, 15) is 4.79 Å². The Morgan fingerprint density at radius 1 is 1.10 bits per heavy atom. The quantitative estimate of drug-likeness (QED) is 0.509. The van der Waals surface area contributed by atoms with Gasteiger partial charge in [-0.05, 0) is 25.1 Å². The standard InChI is InChI=1S/C22H22N4O3/c1-3-21-24-25-22(29-21)16-13-26(18-11-7-5-9-15(16)18)14-20(27)23-17-10-6-8-12-19(17)28-4-2/h5-13H,3-4,14H2,1-2H3,(H,23,27). The van der Waals surface area contributed by atoms with Crippen LogP contribution in [0.15, 0.2) is 59.1 Å². The van der Waals surface area contributed by atoms with E-state index in [1.54, 1.807) is 0 Å². The second kappa shape index (κ2) is 8.18. The van der Waals surface area contributed by atoms with Gasteiger partial charge >= 0.3 is 0 Å². The average molecular weight is 390 g/mol. The summed E-state index contributed by atoms with van der Waals surface area (Å²) in [7, 11) is 0. The Labute approximate surface area is 168 Å². The van der Waals surface area contributed by atoms with Crippen LogP contribution in [0.1, 0.15) is 19.7 Å². The number of amides is 1. The summed E-state index contributed by atoms with van der Waals surface area (Å²) >= 11 is 0. The van der Waals surface area contributed by atoms with E-state index >= 15 is 0 Å². The molecule has 2 aromatic heterocycles. The monoisotopic (exact) mass is 390 g/mol. The van der Waals surface area contributed by atoms with E-state index < -0.39 is 0 Å². The van der Waals surface area contributed by atoms with Gasteiger partial charge in [0.15, 0.2) is 0 Å². The van der Waals surface area contributed by atoms with Gasteiger partial charge in [0.2, 0.25) is 17.7 Å². The van der Waals surface area contributed by atoms with Gasteiger partial charge in [0, 0.05) is 23.5 Å². The first-order valence-electron chi connectivity index (χ1n) is 9.62. The van der Waals surface area contributed by atoms with E-state index in [1.807, 2.05) is 73.1 Å². The molecule has 0 aliphatic rings. The largest absolute Gasteiger partial charge is 0.492 e. The number of carbonyl (C=O) groups excluding carboxylic acids is 1. The highest BCUT2D eigenvalue weighted by molar-refractivity contribution is 5.97. The van der Waals surface area contributed by atoms with Crippen LogP contribution in [0, 0.1) is 0 Å². The first-order chi connectivity index (χ1) is 14.2. The molecule has 0 radical (unpaired) electrons. The zero-order chi connectivity index (χ0) is 20.2. The van der Waals surface area contributed by atoms with Crippen molar-refractivity contribution < 1.29 is 13.9 Å². The first-order valence-corrected chi connectivity index (χ1v) is 9.62. The maximum Gasteiger partial charge on any atom is 0.249 e. The molecular weight excluding hydrogens is 368 g/mol. The van der Waals surface area contributed by atoms with Crippen LogP contribution in [0.5, 0.6) is 5.75 Å². The number of ether oxygens (including phenoxy) is 1. The third kappa shape index (κ3) is 3.85. The Morgan fingerprint density at radius 2 is 1.90 bits per heavy atom. The molecule has 0 unspecified atom stereocenters. The van der Waals surface area contributed by atoms with Crippen LogP contribution in [0.25, 0.3) is 22.4 Å². The Balaban J connectivity index is 1.62. The molecule has 29 heavy (non-hydrogen) atoms. The van der Waals surface area contributed by atoms with Crippen LogP contribution in [-0.4, -0.2) is 27.3 Å². The van der Waals surface area contributed by atoms with Crippen molar-refractivity contribution in [2.75, 3.05) is 11.9 Å². The fourth-order valence-electron chi connectivity index (χ4n) is 3.25. The van der Waals surface area contributed by atoms with Crippen molar-refractivity contribution in [1.82, 2.24) is 14.8 Å². The maximum absolute atomic E-state index is 12.7. The number of benzene rings is 2. The molecule has 0 fully saturated rings. The molecule has 2 heterocycles. The highest BCUT2D eigenvalue weighted by atomic mass is 16.5. The summed E-state index contributed by atoms with van der Waals surface area (Å²) < 4.78 is 13.2. The van der Waals surface area contributed by atoms with Crippen molar-refractivity contribution in [1.29, 1.82) is 0 Å². The third-order valence-corrected chi connectivity index (χ3v) is 4.56. The molecular formula is C22H22N4O3. The SMILES string of the molecule is CCOc1ccccc1NC(=O)Cn1cc(-c2nnc(CC)o2)c2ccccc21. The molecule has 0 saturated carbocycles. The van der Waals surface area contributed by atoms with Crippen molar-refractivity contribution in [2.45, 2.75) is 26.8 Å². The van der Waals surface area contributed by atoms with Crippen molar-refractivity contribution in [3.8, 4) is 17.2 Å². The number of aromatic nitrogens is 3. The lowest BCUT2D eigenvalue weighted by Crippen LogP contribution is -2.18. The lowest BCUT2D eigenvalue weighted by atomic mass is 10.2. The molecule has 0 atom stereocenters. The Bertz CT molecular complexity index is 1150. The predicted molar refractivity (Wildman–Crippen MR) is 111 cm³/mol. The third-order valence-electron chi connectivity index (χ3n) is 4.56. The van der Waals surface area contributed by atoms with Crippen molar-refractivity contribution >= 4 is 22.5 Å². The predicted octanol–water partition coefficient (Wildman–Crippen LogP) is 4.29. The summed E-state index contributed by atoms with van der Waals surface area (Å²) in [4.78, 5) is 12.7. The van der Waals surface area contributed by atoms with Gasteiger partial charge in [0.25, 0.3) is 0 Å². The number of hydrogen-bond acceptors (Lipinski definition) is 5. The number of hydrogen-bond donors (Lipinski definition) is 1. The molecule has 4 rings (SSSR count). The highest BCUT2D eigenvalue weighted by Gasteiger charge is 2.17. The molecule has 1 N–H and O–H groups in total. The summed E-state index contributed by atoms with van der Waals surface area (Å²) in [5.41, 5.74) is 2.39. The van der Waals surface area contributed by atoms with E-state index in [0.29, 0.717) is 36.2 Å². The van der Waals surface area contributed by atoms with Crippen LogP contribution in [0.4, 0.5) is 5.69 Å². The second-order valence-electron chi connectivity index (χ2n) is 6.52. The van der Waals surface area contributed by atoms with Gasteiger partial charge in [-0.25, -0.2) is 0 Å². The van der Waals surface area contributed by atoms with Gasteiger partial charge in [0.05, 0.1) is 17.9 Å². The summed E-state index contributed by atoms with van der Waals surface area (Å²) in [5.74, 6) is 1.55. The van der Waals surface area contributed by atoms with Crippen LogP contribution in [0.3, 0.4) is 0 Å². The molecule has 0 aliphatic heterocycles. The summed E-state index contributed by atoms with van der Waals surface area (Å²) in [5, 5.41) is 12.1. The summed E-state index contributed by atoms with van der Waals surface area (Å²) in [6, 6.07) is 15.2. The van der Waals surface area contributed by atoms with Crippen LogP contribution in [0.2, 0.25) is 0 Å². The highest BCUT2D eigenvalue weighted by Crippen LogP contribution is 2.30. The number of para-hydroxylation sites is 3. The van der Waals surface area contributed by atoms with E-state index in [0.717, 1.165) is 16.5 Å². The lowest BCUT2D eigenvalue weighted by Gasteiger charge is -2.12. The number of aryl methyl sites for hydroxylation is 1. The van der Waals surface area contributed by atoms with Crippen molar-refractivity contribution in [3.63, 3.8) is 0 Å². The zero-order valence-corrected chi connectivity index (χ0v) is 16.4. The van der Waals surface area contributed by atoms with Gasteiger partial charge in [-0.1, -0.05) is 37.3 Å². The fourth-order valence-corrected chi connectivity index (χ4v) is 3.25. The van der Waals surface area contributed by atoms with Crippen LogP contribution in [-0.2, 0) is 17.8 Å². The number of fused-ring (bicyclic) bond motifs is 1. The molecule has 0 saturated heterocycles. The normalized spacial score (nSPS) is 11.0. The Morgan fingerprint density at radius 3 is 2.69 bits per heavy atom. The molecule has 0 aliphatic carbocycles. The molecule has 7 heteroatoms. The molecule has 148 valence electrons. The lowest BCUT2D eigenvalue weighted by molar-refractivity contribution is -0.116. The van der Waals surface area contributed by atoms with Gasteiger partial charge < -0.3 is 19.0 Å². The van der Waals surface area contributed by atoms with Crippen molar-refractivity contribution in [2.24, 2.45) is 0 Å². The first kappa shape index (κ1) is 18.7.